The van der Waals surface area contributed by atoms with Gasteiger partial charge in [-0.1, -0.05) is 309 Å². The van der Waals surface area contributed by atoms with E-state index in [9.17, 15) is 14.4 Å². The first-order chi connectivity index (χ1) is 40.0. The molecule has 1 unspecified atom stereocenters. The summed E-state index contributed by atoms with van der Waals surface area (Å²) < 4.78 is 16.8. The molecular weight excluding hydrogens is 997 g/mol. The summed E-state index contributed by atoms with van der Waals surface area (Å²) in [5.41, 5.74) is 0. The molecule has 0 aromatic carbocycles. The fourth-order valence-corrected chi connectivity index (χ4v) is 9.45. The van der Waals surface area contributed by atoms with E-state index in [1.807, 2.05) is 6.08 Å². The lowest BCUT2D eigenvalue weighted by Crippen LogP contribution is -2.30. The van der Waals surface area contributed by atoms with Crippen molar-refractivity contribution in [1.82, 2.24) is 0 Å². The Hall–Kier alpha value is -4.19. The SMILES string of the molecule is CC/C=C\C/C=C\C/C=C\C/C=C\C/C=C\CC(=O)OCC(COC(=O)CCCCCCCCCCCCCCCCCCC/C=C\CCCCCCCCCC)OC(=O)CCCCCCCC/C=C\C/C=C\C/C=C\C/C=C\CC. The molecule has 0 amide bonds. The second-order valence-corrected chi connectivity index (χ2v) is 22.3. The summed E-state index contributed by atoms with van der Waals surface area (Å²) >= 11 is 0. The highest BCUT2D eigenvalue weighted by Crippen LogP contribution is 2.17. The monoisotopic (exact) mass is 1120 g/mol. The van der Waals surface area contributed by atoms with Crippen molar-refractivity contribution >= 4 is 17.9 Å². The van der Waals surface area contributed by atoms with Crippen molar-refractivity contribution in [3.05, 3.63) is 122 Å². The third-order valence-corrected chi connectivity index (χ3v) is 14.5. The third-order valence-electron chi connectivity index (χ3n) is 14.5. The number of hydrogen-bond acceptors (Lipinski definition) is 6. The second kappa shape index (κ2) is 68.3. The number of carbonyl (C=O) groups excluding carboxylic acids is 3. The van der Waals surface area contributed by atoms with Crippen LogP contribution in [0.25, 0.3) is 0 Å². The average molecular weight is 1120 g/mol. The number of carbonyl (C=O) groups is 3. The van der Waals surface area contributed by atoms with Crippen LogP contribution in [0.5, 0.6) is 0 Å². The van der Waals surface area contributed by atoms with Gasteiger partial charge in [0.1, 0.15) is 13.2 Å². The Labute approximate surface area is 501 Å². The van der Waals surface area contributed by atoms with Crippen molar-refractivity contribution in [3.8, 4) is 0 Å². The largest absolute Gasteiger partial charge is 0.462 e. The van der Waals surface area contributed by atoms with Crippen molar-refractivity contribution in [2.45, 2.75) is 322 Å². The highest BCUT2D eigenvalue weighted by molar-refractivity contribution is 5.72. The summed E-state index contributed by atoms with van der Waals surface area (Å²) in [6.07, 6.45) is 95.4. The van der Waals surface area contributed by atoms with Crippen LogP contribution in [0.1, 0.15) is 316 Å². The van der Waals surface area contributed by atoms with E-state index < -0.39 is 12.1 Å². The predicted octanol–water partition coefficient (Wildman–Crippen LogP) is 23.6. The molecule has 0 saturated heterocycles. The molecule has 0 N–H and O–H groups in total. The van der Waals surface area contributed by atoms with E-state index in [-0.39, 0.29) is 31.6 Å². The Kier molecular flexibility index (Phi) is 64.8. The van der Waals surface area contributed by atoms with Gasteiger partial charge >= 0.3 is 17.9 Å². The number of ether oxygens (including phenoxy) is 3. The minimum atomic E-state index is -0.830. The van der Waals surface area contributed by atoms with E-state index in [0.717, 1.165) is 109 Å². The topological polar surface area (TPSA) is 78.9 Å². The van der Waals surface area contributed by atoms with Gasteiger partial charge in [0.2, 0.25) is 0 Å². The summed E-state index contributed by atoms with van der Waals surface area (Å²) in [6, 6.07) is 0. The van der Waals surface area contributed by atoms with Gasteiger partial charge in [-0.3, -0.25) is 14.4 Å². The molecule has 0 bridgehead atoms. The molecule has 0 spiro atoms. The van der Waals surface area contributed by atoms with Crippen LogP contribution in [0.3, 0.4) is 0 Å². The van der Waals surface area contributed by atoms with Crippen molar-refractivity contribution in [2.24, 2.45) is 0 Å². The number of esters is 3. The molecule has 6 heteroatoms. The Morgan fingerprint density at radius 3 is 0.877 bits per heavy atom. The van der Waals surface area contributed by atoms with Crippen LogP contribution in [0.2, 0.25) is 0 Å². The van der Waals surface area contributed by atoms with Crippen LogP contribution in [0.4, 0.5) is 0 Å². The van der Waals surface area contributed by atoms with Gasteiger partial charge in [-0.25, -0.2) is 0 Å². The van der Waals surface area contributed by atoms with Crippen molar-refractivity contribution in [3.63, 3.8) is 0 Å². The standard InChI is InChI=1S/C75H126O6/c1-4-7-10-13-16-19-22-25-28-30-32-33-34-35-36-37-38-39-40-41-43-44-47-50-53-56-59-62-65-68-74(77)80-71-72(70-79-73(76)67-64-61-58-55-52-49-46-27-24-21-18-15-12-9-6-3)81-75(78)69-66-63-60-57-54-51-48-45-42-31-29-26-23-20-17-14-11-8-5-2/h8-9,11-12,17-18,20-21,26-27,29-30,32,42,45-46,52,55,61,64,72H,4-7,10,13-16,19,22-25,28,31,33-41,43-44,47-51,53-54,56-60,62-63,65-71H2,1-3H3/b11-8-,12-9-,20-17-,21-18-,29-26-,32-30-,45-42-,46-27-,55-52-,64-61-. The Morgan fingerprint density at radius 2 is 0.531 bits per heavy atom. The first kappa shape index (κ1) is 76.8. The van der Waals surface area contributed by atoms with Crippen molar-refractivity contribution in [2.75, 3.05) is 13.2 Å². The lowest BCUT2D eigenvalue weighted by Gasteiger charge is -2.18. The fourth-order valence-electron chi connectivity index (χ4n) is 9.45. The van der Waals surface area contributed by atoms with Gasteiger partial charge in [0, 0.05) is 12.8 Å². The molecule has 81 heavy (non-hydrogen) atoms. The van der Waals surface area contributed by atoms with Gasteiger partial charge in [0.15, 0.2) is 6.10 Å². The molecular formula is C75H126O6. The van der Waals surface area contributed by atoms with E-state index in [2.05, 4.69) is 130 Å². The van der Waals surface area contributed by atoms with E-state index >= 15 is 0 Å². The van der Waals surface area contributed by atoms with Crippen LogP contribution in [-0.2, 0) is 28.6 Å². The van der Waals surface area contributed by atoms with Crippen molar-refractivity contribution < 1.29 is 28.6 Å². The molecule has 6 nitrogen and oxygen atoms in total. The quantitative estimate of drug-likeness (QED) is 0.0261. The van der Waals surface area contributed by atoms with E-state index in [1.165, 1.54) is 167 Å². The Bertz CT molecular complexity index is 1670. The zero-order valence-corrected chi connectivity index (χ0v) is 53.0. The summed E-state index contributed by atoms with van der Waals surface area (Å²) in [4.78, 5) is 38.3. The molecule has 0 aromatic rings. The molecule has 0 fully saturated rings. The van der Waals surface area contributed by atoms with Gasteiger partial charge in [-0.2, -0.15) is 0 Å². The zero-order chi connectivity index (χ0) is 58.5. The van der Waals surface area contributed by atoms with Gasteiger partial charge in [0.25, 0.3) is 0 Å². The zero-order valence-electron chi connectivity index (χ0n) is 53.0. The van der Waals surface area contributed by atoms with E-state index in [0.29, 0.717) is 12.8 Å². The fraction of sp³-hybridized carbons (Fsp3) is 0.693. The number of allylic oxidation sites excluding steroid dienone is 19. The van der Waals surface area contributed by atoms with Gasteiger partial charge in [-0.15, -0.1) is 0 Å². The Balaban J connectivity index is 4.34. The molecule has 1 atom stereocenters. The lowest BCUT2D eigenvalue weighted by atomic mass is 10.0. The van der Waals surface area contributed by atoms with Crippen LogP contribution in [-0.4, -0.2) is 37.2 Å². The maximum atomic E-state index is 12.9. The minimum Gasteiger partial charge on any atom is -0.462 e. The lowest BCUT2D eigenvalue weighted by molar-refractivity contribution is -0.166. The maximum absolute atomic E-state index is 12.9. The number of hydrogen-bond donors (Lipinski definition) is 0. The van der Waals surface area contributed by atoms with E-state index in [1.54, 1.807) is 6.08 Å². The van der Waals surface area contributed by atoms with E-state index in [4.69, 9.17) is 14.2 Å². The third kappa shape index (κ3) is 66.5. The van der Waals surface area contributed by atoms with Crippen LogP contribution < -0.4 is 0 Å². The highest BCUT2D eigenvalue weighted by Gasteiger charge is 2.19. The van der Waals surface area contributed by atoms with Crippen LogP contribution in [0, 0.1) is 0 Å². The van der Waals surface area contributed by atoms with Crippen molar-refractivity contribution in [1.29, 1.82) is 0 Å². The molecule has 0 radical (unpaired) electrons. The number of rotatable bonds is 61. The second-order valence-electron chi connectivity index (χ2n) is 22.3. The molecule has 0 rings (SSSR count). The average Bonchev–Trinajstić information content (AvgIpc) is 3.47. The maximum Gasteiger partial charge on any atom is 0.309 e. The molecule has 0 saturated carbocycles. The summed E-state index contributed by atoms with van der Waals surface area (Å²) in [5.74, 6) is -1.06. The normalized spacial score (nSPS) is 12.9. The van der Waals surface area contributed by atoms with Gasteiger partial charge in [-0.05, 0) is 109 Å². The molecule has 0 aliphatic heterocycles. The number of unbranched alkanes of at least 4 members (excludes halogenated alkanes) is 31. The summed E-state index contributed by atoms with van der Waals surface area (Å²) in [5, 5.41) is 0. The predicted molar refractivity (Wildman–Crippen MR) is 353 cm³/mol. The highest BCUT2D eigenvalue weighted by atomic mass is 16.6. The van der Waals surface area contributed by atoms with Gasteiger partial charge < -0.3 is 14.2 Å². The molecule has 0 aliphatic carbocycles. The summed E-state index contributed by atoms with van der Waals surface area (Å²) in [6.45, 7) is 6.34. The first-order valence-electron chi connectivity index (χ1n) is 34.0. The first-order valence-corrected chi connectivity index (χ1v) is 34.0. The molecule has 0 heterocycles. The molecule has 0 aromatic heterocycles. The molecule has 0 aliphatic rings. The van der Waals surface area contributed by atoms with Gasteiger partial charge in [0.05, 0.1) is 6.42 Å². The van der Waals surface area contributed by atoms with Crippen LogP contribution in [0.15, 0.2) is 122 Å². The molecule has 462 valence electrons. The van der Waals surface area contributed by atoms with Crippen LogP contribution >= 0.6 is 0 Å². The Morgan fingerprint density at radius 1 is 0.272 bits per heavy atom. The smallest absolute Gasteiger partial charge is 0.309 e. The minimum absolute atomic E-state index is 0.115. The summed E-state index contributed by atoms with van der Waals surface area (Å²) in [7, 11) is 0.